The Hall–Kier alpha value is -3.28. The van der Waals surface area contributed by atoms with Crippen LogP contribution >= 0.6 is 0 Å². The van der Waals surface area contributed by atoms with Gasteiger partial charge in [0.25, 0.3) is 5.88 Å². The van der Waals surface area contributed by atoms with Crippen molar-refractivity contribution in [2.24, 2.45) is 17.3 Å². The molecule has 0 radical (unpaired) electrons. The highest BCUT2D eigenvalue weighted by atomic mass is 19.1. The molecule has 1 aromatic carbocycles. The lowest BCUT2D eigenvalue weighted by Gasteiger charge is -2.57. The van der Waals surface area contributed by atoms with Crippen molar-refractivity contribution in [3.05, 3.63) is 48.6 Å². The molecule has 11 heteroatoms. The smallest absolute Gasteiger partial charge is 0.282 e. The largest absolute Gasteiger partial charge is 0.434 e. The van der Waals surface area contributed by atoms with E-state index in [9.17, 15) is 4.39 Å². The second-order valence-corrected chi connectivity index (χ2v) is 14.8. The molecule has 2 aromatic heterocycles. The van der Waals surface area contributed by atoms with E-state index < -0.39 is 0 Å². The first-order valence-electron chi connectivity index (χ1n) is 17.1. The van der Waals surface area contributed by atoms with Crippen molar-refractivity contribution in [2.45, 2.75) is 76.5 Å². The van der Waals surface area contributed by atoms with Gasteiger partial charge < -0.3 is 14.4 Å². The third-order valence-electron chi connectivity index (χ3n) is 11.3. The van der Waals surface area contributed by atoms with Crippen LogP contribution in [-0.4, -0.2) is 99.5 Å². The molecule has 2 saturated carbocycles. The molecule has 8 rings (SSSR count). The summed E-state index contributed by atoms with van der Waals surface area (Å²) < 4.78 is 26.6. The van der Waals surface area contributed by atoms with Gasteiger partial charge in [0.1, 0.15) is 24.2 Å². The van der Waals surface area contributed by atoms with E-state index in [2.05, 4.69) is 53.7 Å². The molecule has 5 aliphatic rings. The predicted octanol–water partition coefficient (Wildman–Crippen LogP) is 5.17. The maximum absolute atomic E-state index is 14.6. The number of benzene rings is 1. The minimum atomic E-state index is -0.339. The maximum Gasteiger partial charge on any atom is 0.282 e. The highest BCUT2D eigenvalue weighted by Crippen LogP contribution is 2.49. The number of ether oxygens (including phenoxy) is 2. The first kappa shape index (κ1) is 30.1. The van der Waals surface area contributed by atoms with Crippen molar-refractivity contribution < 1.29 is 13.9 Å². The molecule has 3 aromatic rings. The highest BCUT2D eigenvalue weighted by Gasteiger charge is 2.53. The van der Waals surface area contributed by atoms with E-state index in [1.807, 2.05) is 7.11 Å². The van der Waals surface area contributed by atoms with Crippen molar-refractivity contribution in [2.75, 3.05) is 51.3 Å². The van der Waals surface area contributed by atoms with Gasteiger partial charge in [-0.15, -0.1) is 10.2 Å². The number of halogens is 1. The molecule has 46 heavy (non-hydrogen) atoms. The Kier molecular flexibility index (Phi) is 7.89. The van der Waals surface area contributed by atoms with E-state index in [4.69, 9.17) is 9.47 Å². The Morgan fingerprint density at radius 2 is 1.85 bits per heavy atom. The van der Waals surface area contributed by atoms with Crippen LogP contribution in [0, 0.1) is 23.1 Å². The number of hydrogen-bond donors (Lipinski definition) is 0. The van der Waals surface area contributed by atoms with Crippen LogP contribution in [0.5, 0.6) is 11.6 Å². The Morgan fingerprint density at radius 1 is 1.00 bits per heavy atom. The maximum atomic E-state index is 14.6. The molecule has 0 bridgehead atoms. The average molecular weight is 629 g/mol. The molecule has 244 valence electrons. The summed E-state index contributed by atoms with van der Waals surface area (Å²) in [6.07, 6.45) is 12.3. The van der Waals surface area contributed by atoms with Crippen molar-refractivity contribution in [1.29, 1.82) is 0 Å². The molecule has 0 amide bonds. The molecule has 2 aliphatic carbocycles. The summed E-state index contributed by atoms with van der Waals surface area (Å²) in [6.45, 7) is 11.1. The van der Waals surface area contributed by atoms with Crippen LogP contribution in [0.1, 0.15) is 64.0 Å². The molecule has 1 spiro atoms. The second-order valence-electron chi connectivity index (χ2n) is 14.8. The number of likely N-dealkylation sites (tertiary alicyclic amines) is 2. The van der Waals surface area contributed by atoms with Gasteiger partial charge in [-0.3, -0.25) is 9.80 Å². The SMILES string of the molecule is CO[C@@H]1CCN(C2CC([C@@H](C(C)C)N3CC4(CCN(c5ncnnc5Oc5ccc(F)cc5-c5cncnc5C5CC5)C4)C3)C2)C1. The lowest BCUT2D eigenvalue weighted by Crippen LogP contribution is -2.65. The fourth-order valence-electron chi connectivity index (χ4n) is 8.83. The number of anilines is 1. The number of hydrogen-bond acceptors (Lipinski definition) is 10. The van der Waals surface area contributed by atoms with Crippen LogP contribution in [0.15, 0.2) is 37.1 Å². The van der Waals surface area contributed by atoms with Crippen LogP contribution in [0.2, 0.25) is 0 Å². The first-order valence-corrected chi connectivity index (χ1v) is 17.1. The molecular formula is C35H45FN8O2. The van der Waals surface area contributed by atoms with Gasteiger partial charge in [-0.05, 0) is 68.6 Å². The summed E-state index contributed by atoms with van der Waals surface area (Å²) in [5.74, 6) is 2.97. The standard InChI is InChI=1S/C35H45FN8O2/c1-22(2)32(24-12-26(13-24)42-10-8-27(16-42)45-3)44-18-35(19-44)9-11-43(17-35)33-34(41-40-21-39-33)46-30-7-6-25(36)14-28(30)29-15-37-20-38-31(29)23-4-5-23/h6-7,14-15,20-24,26-27,32H,4-5,8-13,16-19H2,1-3H3/t24?,26?,27-,32-/m1/s1. The van der Waals surface area contributed by atoms with Crippen molar-refractivity contribution in [1.82, 2.24) is 34.9 Å². The molecule has 5 heterocycles. The second kappa shape index (κ2) is 12.1. The Bertz CT molecular complexity index is 1560. The van der Waals surface area contributed by atoms with Crippen LogP contribution in [0.4, 0.5) is 10.2 Å². The van der Waals surface area contributed by atoms with Gasteiger partial charge >= 0.3 is 0 Å². The lowest BCUT2D eigenvalue weighted by molar-refractivity contribution is -0.0790. The third-order valence-corrected chi connectivity index (χ3v) is 11.3. The Labute approximate surface area is 270 Å². The number of aromatic nitrogens is 5. The number of nitrogens with zero attached hydrogens (tertiary/aromatic N) is 8. The summed E-state index contributed by atoms with van der Waals surface area (Å²) in [5.41, 5.74) is 2.60. The average Bonchev–Trinajstić information content (AvgIpc) is 3.60. The fourth-order valence-corrected chi connectivity index (χ4v) is 8.83. The van der Waals surface area contributed by atoms with Crippen molar-refractivity contribution in [3.8, 4) is 22.8 Å². The summed E-state index contributed by atoms with van der Waals surface area (Å²) in [5, 5.41) is 8.43. The van der Waals surface area contributed by atoms with Gasteiger partial charge in [-0.2, -0.15) is 0 Å². The van der Waals surface area contributed by atoms with E-state index >= 15 is 0 Å². The van der Waals surface area contributed by atoms with Crippen LogP contribution < -0.4 is 9.64 Å². The molecule has 0 N–H and O–H groups in total. The summed E-state index contributed by atoms with van der Waals surface area (Å²) in [4.78, 5) is 21.2. The molecule has 3 saturated heterocycles. The minimum Gasteiger partial charge on any atom is -0.434 e. The monoisotopic (exact) mass is 628 g/mol. The van der Waals surface area contributed by atoms with Crippen LogP contribution in [-0.2, 0) is 4.74 Å². The van der Waals surface area contributed by atoms with Gasteiger partial charge in [0.15, 0.2) is 5.82 Å². The zero-order valence-electron chi connectivity index (χ0n) is 27.2. The lowest BCUT2D eigenvalue weighted by atomic mass is 9.68. The summed E-state index contributed by atoms with van der Waals surface area (Å²) in [6, 6.07) is 5.92. The van der Waals surface area contributed by atoms with Gasteiger partial charge in [0.2, 0.25) is 0 Å². The number of rotatable bonds is 10. The Morgan fingerprint density at radius 3 is 2.61 bits per heavy atom. The predicted molar refractivity (Wildman–Crippen MR) is 172 cm³/mol. The third kappa shape index (κ3) is 5.64. The topological polar surface area (TPSA) is 92.6 Å². The van der Waals surface area contributed by atoms with Crippen molar-refractivity contribution >= 4 is 5.82 Å². The highest BCUT2D eigenvalue weighted by molar-refractivity contribution is 5.73. The molecule has 3 aliphatic heterocycles. The van der Waals surface area contributed by atoms with E-state index in [-0.39, 0.29) is 11.2 Å². The molecule has 5 fully saturated rings. The van der Waals surface area contributed by atoms with Gasteiger partial charge in [0.05, 0.1) is 11.8 Å². The van der Waals surface area contributed by atoms with E-state index in [0.29, 0.717) is 47.0 Å². The van der Waals surface area contributed by atoms with Crippen LogP contribution in [0.3, 0.4) is 0 Å². The molecule has 2 atom stereocenters. The van der Waals surface area contributed by atoms with E-state index in [0.717, 1.165) is 75.2 Å². The Balaban J connectivity index is 0.944. The van der Waals surface area contributed by atoms with Gasteiger partial charge in [-0.1, -0.05) is 13.8 Å². The normalized spacial score (nSPS) is 26.8. The molecule has 10 nitrogen and oxygen atoms in total. The van der Waals surface area contributed by atoms with E-state index in [1.54, 1.807) is 18.6 Å². The minimum absolute atomic E-state index is 0.251. The fraction of sp³-hybridized carbons (Fsp3) is 0.629. The van der Waals surface area contributed by atoms with Gasteiger partial charge in [-0.25, -0.2) is 19.3 Å². The van der Waals surface area contributed by atoms with Crippen LogP contribution in [0.25, 0.3) is 11.1 Å². The quantitative estimate of drug-likeness (QED) is 0.299. The molecular weight excluding hydrogens is 583 g/mol. The van der Waals surface area contributed by atoms with E-state index in [1.165, 1.54) is 44.3 Å². The number of methoxy groups -OCH3 is 1. The van der Waals surface area contributed by atoms with Gasteiger partial charge in [0, 0.05) is 87.1 Å². The first-order chi connectivity index (χ1) is 22.4. The van der Waals surface area contributed by atoms with Crippen molar-refractivity contribution in [3.63, 3.8) is 0 Å². The zero-order chi connectivity index (χ0) is 31.4. The molecule has 0 unspecified atom stereocenters. The summed E-state index contributed by atoms with van der Waals surface area (Å²) in [7, 11) is 1.85. The summed E-state index contributed by atoms with van der Waals surface area (Å²) >= 11 is 0. The zero-order valence-corrected chi connectivity index (χ0v) is 27.2.